The molecule has 152 valence electrons. The maximum Gasteiger partial charge on any atom is 0.426 e. The number of carbonyl (C=O) groups excluding carboxylic acids is 2. The van der Waals surface area contributed by atoms with Gasteiger partial charge in [0.1, 0.15) is 6.61 Å². The van der Waals surface area contributed by atoms with E-state index in [9.17, 15) is 19.7 Å². The Kier molecular flexibility index (Phi) is 4.95. The number of ether oxygens (including phenoxy) is 3. The Balaban J connectivity index is 1.36. The summed E-state index contributed by atoms with van der Waals surface area (Å²) in [5, 5.41) is 11.2. The molecular formula is C18H13N5O7. The van der Waals surface area contributed by atoms with Crippen LogP contribution in [0, 0.1) is 10.1 Å². The van der Waals surface area contributed by atoms with Crippen LogP contribution in [0.3, 0.4) is 0 Å². The number of carbonyl (C=O) groups is 2. The zero-order valence-corrected chi connectivity index (χ0v) is 15.2. The number of fused-ring (bicyclic) bond motifs is 2. The van der Waals surface area contributed by atoms with Crippen LogP contribution in [0.5, 0.6) is 11.5 Å². The zero-order valence-electron chi connectivity index (χ0n) is 15.2. The lowest BCUT2D eigenvalue weighted by molar-refractivity contribution is -0.385. The highest BCUT2D eigenvalue weighted by atomic mass is 16.7. The quantitative estimate of drug-likeness (QED) is 0.483. The van der Waals surface area contributed by atoms with Crippen molar-refractivity contribution in [3.05, 3.63) is 64.0 Å². The van der Waals surface area contributed by atoms with Crippen LogP contribution >= 0.6 is 0 Å². The number of nitro groups is 1. The Hall–Kier alpha value is -4.48. The molecule has 0 spiro atoms. The monoisotopic (exact) mass is 411 g/mol. The van der Waals surface area contributed by atoms with Gasteiger partial charge in [-0.1, -0.05) is 0 Å². The van der Waals surface area contributed by atoms with Gasteiger partial charge in [-0.05, 0) is 24.3 Å². The topological polar surface area (TPSA) is 155 Å². The Morgan fingerprint density at radius 1 is 1.07 bits per heavy atom. The fourth-order valence-corrected chi connectivity index (χ4v) is 2.72. The van der Waals surface area contributed by atoms with Crippen molar-refractivity contribution in [2.75, 3.05) is 6.79 Å². The summed E-state index contributed by atoms with van der Waals surface area (Å²) in [6.07, 6.45) is 2.02. The van der Waals surface area contributed by atoms with E-state index in [1.807, 2.05) is 0 Å². The third-order valence-corrected chi connectivity index (χ3v) is 4.14. The number of hydrazine groups is 1. The molecule has 2 aromatic carbocycles. The van der Waals surface area contributed by atoms with Crippen molar-refractivity contribution in [2.45, 2.75) is 6.61 Å². The number of amides is 2. The number of hydrogen-bond acceptors (Lipinski definition) is 9. The number of rotatable bonds is 4. The largest absolute Gasteiger partial charge is 0.454 e. The van der Waals surface area contributed by atoms with E-state index in [2.05, 4.69) is 20.8 Å². The highest BCUT2D eigenvalue weighted by molar-refractivity contribution is 5.97. The van der Waals surface area contributed by atoms with Gasteiger partial charge >= 0.3 is 6.09 Å². The molecule has 0 aliphatic carbocycles. The molecule has 1 aliphatic rings. The van der Waals surface area contributed by atoms with E-state index >= 15 is 0 Å². The van der Waals surface area contributed by atoms with Crippen LogP contribution in [0.15, 0.2) is 42.7 Å². The summed E-state index contributed by atoms with van der Waals surface area (Å²) in [5.74, 6) is -0.0527. The lowest BCUT2D eigenvalue weighted by Gasteiger charge is -2.09. The molecule has 2 heterocycles. The van der Waals surface area contributed by atoms with Gasteiger partial charge in [0, 0.05) is 18.0 Å². The highest BCUT2D eigenvalue weighted by Crippen LogP contribution is 2.38. The molecule has 30 heavy (non-hydrogen) atoms. The van der Waals surface area contributed by atoms with E-state index in [1.54, 1.807) is 6.07 Å². The molecule has 0 bridgehead atoms. The van der Waals surface area contributed by atoms with Crippen molar-refractivity contribution >= 4 is 28.7 Å². The lowest BCUT2D eigenvalue weighted by atomic mass is 10.1. The minimum atomic E-state index is -1.00. The fraction of sp³-hybridized carbons (Fsp3) is 0.111. The van der Waals surface area contributed by atoms with E-state index in [0.29, 0.717) is 16.8 Å². The molecule has 2 amide bonds. The van der Waals surface area contributed by atoms with Crippen LogP contribution < -0.4 is 20.3 Å². The summed E-state index contributed by atoms with van der Waals surface area (Å²) >= 11 is 0. The Morgan fingerprint density at radius 2 is 1.80 bits per heavy atom. The summed E-state index contributed by atoms with van der Waals surface area (Å²) in [4.78, 5) is 42.9. The van der Waals surface area contributed by atoms with Gasteiger partial charge in [-0.15, -0.1) is 0 Å². The van der Waals surface area contributed by atoms with Gasteiger partial charge in [0.25, 0.3) is 11.6 Å². The Labute approximate surface area is 167 Å². The number of benzene rings is 2. The lowest BCUT2D eigenvalue weighted by Crippen LogP contribution is -2.41. The molecule has 1 aliphatic heterocycles. The second-order valence-electron chi connectivity index (χ2n) is 6.01. The van der Waals surface area contributed by atoms with Crippen molar-refractivity contribution < 1.29 is 28.7 Å². The molecule has 0 saturated heterocycles. The standard InChI is InChI=1S/C18H13N5O7/c24-17(10-1-2-12-13(5-10)20-4-3-19-12)21-22-18(25)28-8-11-6-15-16(30-9-29-15)7-14(11)23(26)27/h1-7H,8-9H2,(H,21,24)(H,22,25). The van der Waals surface area contributed by atoms with E-state index in [-0.39, 0.29) is 29.4 Å². The van der Waals surface area contributed by atoms with Crippen LogP contribution in [0.4, 0.5) is 10.5 Å². The number of aromatic nitrogens is 2. The molecule has 2 N–H and O–H groups in total. The third-order valence-electron chi connectivity index (χ3n) is 4.14. The van der Waals surface area contributed by atoms with Crippen molar-refractivity contribution in [3.63, 3.8) is 0 Å². The summed E-state index contributed by atoms with van der Waals surface area (Å²) in [7, 11) is 0. The van der Waals surface area contributed by atoms with Crippen molar-refractivity contribution in [1.82, 2.24) is 20.8 Å². The summed E-state index contributed by atoms with van der Waals surface area (Å²) in [6.45, 7) is -0.468. The van der Waals surface area contributed by atoms with Gasteiger partial charge < -0.3 is 14.2 Å². The second kappa shape index (κ2) is 7.87. The molecular weight excluding hydrogens is 398 g/mol. The van der Waals surface area contributed by atoms with Crippen LogP contribution in [0.1, 0.15) is 15.9 Å². The van der Waals surface area contributed by atoms with Crippen LogP contribution in [0.2, 0.25) is 0 Å². The number of hydrogen-bond donors (Lipinski definition) is 2. The second-order valence-corrected chi connectivity index (χ2v) is 6.01. The van der Waals surface area contributed by atoms with Gasteiger partial charge in [-0.25, -0.2) is 10.2 Å². The third kappa shape index (κ3) is 3.87. The minimum absolute atomic E-state index is 0.0519. The first-order chi connectivity index (χ1) is 14.5. The molecule has 4 rings (SSSR count). The van der Waals surface area contributed by atoms with E-state index < -0.39 is 23.5 Å². The van der Waals surface area contributed by atoms with Crippen molar-refractivity contribution in [2.24, 2.45) is 0 Å². The van der Waals surface area contributed by atoms with Crippen molar-refractivity contribution in [1.29, 1.82) is 0 Å². The maximum atomic E-state index is 12.2. The minimum Gasteiger partial charge on any atom is -0.454 e. The predicted octanol–water partition coefficient (Wildman–Crippen LogP) is 1.84. The van der Waals surface area contributed by atoms with E-state index in [4.69, 9.17) is 14.2 Å². The van der Waals surface area contributed by atoms with Crippen LogP contribution in [-0.4, -0.2) is 33.7 Å². The Morgan fingerprint density at radius 3 is 2.57 bits per heavy atom. The number of nitrogens with one attached hydrogen (secondary N) is 2. The van der Waals surface area contributed by atoms with Crippen LogP contribution in [-0.2, 0) is 11.3 Å². The molecule has 0 saturated carbocycles. The molecule has 0 atom stereocenters. The molecule has 12 heteroatoms. The first kappa shape index (κ1) is 18.9. The fourth-order valence-electron chi connectivity index (χ4n) is 2.72. The first-order valence-corrected chi connectivity index (χ1v) is 8.52. The van der Waals surface area contributed by atoms with Crippen molar-refractivity contribution in [3.8, 4) is 11.5 Å². The highest BCUT2D eigenvalue weighted by Gasteiger charge is 2.24. The normalized spacial score (nSPS) is 11.7. The van der Waals surface area contributed by atoms with Gasteiger partial charge in [0.2, 0.25) is 6.79 Å². The molecule has 0 fully saturated rings. The molecule has 0 radical (unpaired) electrons. The molecule has 0 unspecified atom stereocenters. The number of nitrogens with zero attached hydrogens (tertiary/aromatic N) is 3. The van der Waals surface area contributed by atoms with E-state index in [0.717, 1.165) is 0 Å². The summed E-state index contributed by atoms with van der Waals surface area (Å²) in [6, 6.07) is 7.22. The predicted molar refractivity (Wildman–Crippen MR) is 99.5 cm³/mol. The smallest absolute Gasteiger partial charge is 0.426 e. The molecule has 1 aromatic heterocycles. The van der Waals surface area contributed by atoms with Gasteiger partial charge in [0.15, 0.2) is 11.5 Å². The summed E-state index contributed by atoms with van der Waals surface area (Å²) < 4.78 is 15.2. The van der Waals surface area contributed by atoms with Gasteiger partial charge in [-0.3, -0.25) is 30.3 Å². The summed E-state index contributed by atoms with van der Waals surface area (Å²) in [5.41, 5.74) is 5.47. The molecule has 12 nitrogen and oxygen atoms in total. The maximum absolute atomic E-state index is 12.2. The van der Waals surface area contributed by atoms with Crippen LogP contribution in [0.25, 0.3) is 11.0 Å². The first-order valence-electron chi connectivity index (χ1n) is 8.52. The zero-order chi connectivity index (χ0) is 21.1. The average molecular weight is 411 g/mol. The van der Waals surface area contributed by atoms with Gasteiger partial charge in [-0.2, -0.15) is 0 Å². The van der Waals surface area contributed by atoms with Gasteiger partial charge in [0.05, 0.1) is 27.6 Å². The Bertz CT molecular complexity index is 1170. The molecule has 3 aromatic rings. The average Bonchev–Trinajstić information content (AvgIpc) is 3.22. The SMILES string of the molecule is O=C(NNC(=O)c1ccc2nccnc2c1)OCc1cc2c(cc1[N+](=O)[O-])OCO2. The number of nitro benzene ring substituents is 1. The van der Waals surface area contributed by atoms with E-state index in [1.165, 1.54) is 36.7 Å².